The molecule has 1 aromatic carbocycles. The van der Waals surface area contributed by atoms with E-state index in [-0.39, 0.29) is 10.9 Å². The van der Waals surface area contributed by atoms with Crippen LogP contribution < -0.4 is 10.6 Å². The van der Waals surface area contributed by atoms with E-state index in [0.29, 0.717) is 24.4 Å². The molecule has 0 radical (unpaired) electrons. The second-order valence-corrected chi connectivity index (χ2v) is 8.18. The number of nitrogens with zero attached hydrogens (tertiary/aromatic N) is 2. The summed E-state index contributed by atoms with van der Waals surface area (Å²) in [5.74, 6) is -0.989. The predicted molar refractivity (Wildman–Crippen MR) is 104 cm³/mol. The molecule has 2 heterocycles. The van der Waals surface area contributed by atoms with E-state index in [0.717, 1.165) is 30.6 Å². The Balaban J connectivity index is 1.61. The molecule has 1 spiro atoms. The first-order valence-corrected chi connectivity index (χ1v) is 9.69. The third kappa shape index (κ3) is 4.28. The normalized spacial score (nSPS) is 19.4. The highest BCUT2D eigenvalue weighted by atomic mass is 35.5. The van der Waals surface area contributed by atoms with Gasteiger partial charge in [0, 0.05) is 25.3 Å². The van der Waals surface area contributed by atoms with E-state index in [9.17, 15) is 18.8 Å². The summed E-state index contributed by atoms with van der Waals surface area (Å²) in [7, 11) is 0. The number of hydrogen-bond acceptors (Lipinski definition) is 4. The van der Waals surface area contributed by atoms with E-state index in [2.05, 4.69) is 29.4 Å². The largest absolute Gasteiger partial charge is 0.325 e. The van der Waals surface area contributed by atoms with Crippen LogP contribution in [0.1, 0.15) is 26.7 Å². The van der Waals surface area contributed by atoms with Gasteiger partial charge in [0.1, 0.15) is 17.9 Å². The number of benzene rings is 1. The Morgan fingerprint density at radius 3 is 2.61 bits per heavy atom. The molecule has 0 saturated carbocycles. The molecule has 0 unspecified atom stereocenters. The van der Waals surface area contributed by atoms with E-state index >= 15 is 0 Å². The van der Waals surface area contributed by atoms with Gasteiger partial charge >= 0.3 is 6.03 Å². The van der Waals surface area contributed by atoms with Gasteiger partial charge in [-0.05, 0) is 37.0 Å². The number of carbonyl (C=O) groups is 3. The van der Waals surface area contributed by atoms with Crippen molar-refractivity contribution in [2.24, 2.45) is 5.92 Å². The van der Waals surface area contributed by atoms with Gasteiger partial charge in [-0.1, -0.05) is 25.4 Å². The lowest BCUT2D eigenvalue weighted by Gasteiger charge is -2.37. The molecule has 2 N–H and O–H groups in total. The highest BCUT2D eigenvalue weighted by molar-refractivity contribution is 6.31. The average Bonchev–Trinajstić information content (AvgIpc) is 2.84. The molecular formula is C19H24ClFN4O3. The number of imide groups is 1. The SMILES string of the molecule is CC(C)CN1CCC2(CC1)NC(=O)N(CC(=O)Nc1ccc(F)c(Cl)c1)C2=O. The highest BCUT2D eigenvalue weighted by Crippen LogP contribution is 2.30. The molecule has 0 bridgehead atoms. The van der Waals surface area contributed by atoms with Gasteiger partial charge in [0.15, 0.2) is 0 Å². The molecule has 2 aliphatic rings. The lowest BCUT2D eigenvalue weighted by atomic mass is 9.87. The Morgan fingerprint density at radius 2 is 2.00 bits per heavy atom. The lowest BCUT2D eigenvalue weighted by Crippen LogP contribution is -2.55. The van der Waals surface area contributed by atoms with Gasteiger partial charge in [0.05, 0.1) is 5.02 Å². The smallest absolute Gasteiger partial charge is 0.324 e. The number of rotatable bonds is 5. The van der Waals surface area contributed by atoms with Gasteiger partial charge in [-0.25, -0.2) is 9.18 Å². The van der Waals surface area contributed by atoms with Crippen LogP contribution in [0.25, 0.3) is 0 Å². The van der Waals surface area contributed by atoms with Crippen LogP contribution in [-0.2, 0) is 9.59 Å². The fourth-order valence-corrected chi connectivity index (χ4v) is 3.89. The van der Waals surface area contributed by atoms with Gasteiger partial charge in [-0.2, -0.15) is 0 Å². The molecule has 0 aromatic heterocycles. The molecule has 152 valence electrons. The second-order valence-electron chi connectivity index (χ2n) is 7.78. The predicted octanol–water partition coefficient (Wildman–Crippen LogP) is 2.46. The number of halogens is 2. The molecule has 2 aliphatic heterocycles. The fourth-order valence-electron chi connectivity index (χ4n) is 3.71. The second kappa shape index (κ2) is 8.05. The van der Waals surface area contributed by atoms with Gasteiger partial charge in [-0.3, -0.25) is 14.5 Å². The summed E-state index contributed by atoms with van der Waals surface area (Å²) in [5, 5.41) is 5.19. The van der Waals surface area contributed by atoms with Crippen molar-refractivity contribution in [3.63, 3.8) is 0 Å². The summed E-state index contributed by atoms with van der Waals surface area (Å²) in [5.41, 5.74) is -0.635. The van der Waals surface area contributed by atoms with Gasteiger partial charge in [-0.15, -0.1) is 0 Å². The topological polar surface area (TPSA) is 81.8 Å². The number of urea groups is 1. The summed E-state index contributed by atoms with van der Waals surface area (Å²) < 4.78 is 13.2. The maximum Gasteiger partial charge on any atom is 0.325 e. The first kappa shape index (κ1) is 20.5. The van der Waals surface area contributed by atoms with Gasteiger partial charge < -0.3 is 15.5 Å². The van der Waals surface area contributed by atoms with Crippen molar-refractivity contribution in [2.45, 2.75) is 32.2 Å². The summed E-state index contributed by atoms with van der Waals surface area (Å²) in [6, 6.07) is 3.20. The standard InChI is InChI=1S/C19H24ClFN4O3/c1-12(2)10-24-7-5-19(6-8-24)17(27)25(18(28)23-19)11-16(26)22-13-3-4-15(21)14(20)9-13/h3-4,9,12H,5-8,10-11H2,1-2H3,(H,22,26)(H,23,28). The van der Waals surface area contributed by atoms with Crippen LogP contribution in [0.3, 0.4) is 0 Å². The van der Waals surface area contributed by atoms with Crippen LogP contribution >= 0.6 is 11.6 Å². The Bertz CT molecular complexity index is 793. The zero-order valence-electron chi connectivity index (χ0n) is 15.9. The minimum Gasteiger partial charge on any atom is -0.324 e. The number of hydrogen-bond donors (Lipinski definition) is 2. The molecule has 2 fully saturated rings. The van der Waals surface area contributed by atoms with Crippen LogP contribution in [-0.4, -0.2) is 59.4 Å². The van der Waals surface area contributed by atoms with Gasteiger partial charge in [0.25, 0.3) is 5.91 Å². The van der Waals surface area contributed by atoms with E-state index < -0.39 is 29.8 Å². The first-order valence-electron chi connectivity index (χ1n) is 9.31. The summed E-state index contributed by atoms with van der Waals surface area (Å²) in [6.45, 7) is 6.27. The zero-order chi connectivity index (χ0) is 20.5. The summed E-state index contributed by atoms with van der Waals surface area (Å²) in [6.07, 6.45) is 1.05. The number of piperidine rings is 1. The molecule has 3 rings (SSSR count). The first-order chi connectivity index (χ1) is 13.2. The zero-order valence-corrected chi connectivity index (χ0v) is 16.7. The number of carbonyl (C=O) groups excluding carboxylic acids is 3. The van der Waals surface area contributed by atoms with E-state index in [4.69, 9.17) is 11.6 Å². The number of nitrogens with one attached hydrogen (secondary N) is 2. The monoisotopic (exact) mass is 410 g/mol. The van der Waals surface area contributed by atoms with Crippen LogP contribution in [0.2, 0.25) is 5.02 Å². The molecule has 7 nitrogen and oxygen atoms in total. The van der Waals surface area contributed by atoms with Crippen molar-refractivity contribution >= 4 is 35.1 Å². The molecule has 1 aromatic rings. The molecule has 0 atom stereocenters. The van der Waals surface area contributed by atoms with Gasteiger partial charge in [0.2, 0.25) is 5.91 Å². The van der Waals surface area contributed by atoms with Crippen molar-refractivity contribution in [1.29, 1.82) is 0 Å². The third-order valence-corrected chi connectivity index (χ3v) is 5.37. The van der Waals surface area contributed by atoms with Crippen molar-refractivity contribution in [1.82, 2.24) is 15.1 Å². The maximum absolute atomic E-state index is 13.2. The van der Waals surface area contributed by atoms with Crippen LogP contribution in [0.5, 0.6) is 0 Å². The Labute approximate surface area is 168 Å². The lowest BCUT2D eigenvalue weighted by molar-refractivity contribution is -0.135. The average molecular weight is 411 g/mol. The molecule has 2 saturated heterocycles. The van der Waals surface area contributed by atoms with Crippen LogP contribution in [0.4, 0.5) is 14.9 Å². The number of anilines is 1. The number of likely N-dealkylation sites (tertiary alicyclic amines) is 1. The van der Waals surface area contributed by atoms with Crippen molar-refractivity contribution in [2.75, 3.05) is 31.5 Å². The Hall–Kier alpha value is -2.19. The van der Waals surface area contributed by atoms with Crippen molar-refractivity contribution in [3.8, 4) is 0 Å². The van der Waals surface area contributed by atoms with E-state index in [1.54, 1.807) is 0 Å². The minimum atomic E-state index is -0.927. The fraction of sp³-hybridized carbons (Fsp3) is 0.526. The minimum absolute atomic E-state index is 0.125. The summed E-state index contributed by atoms with van der Waals surface area (Å²) >= 11 is 5.70. The summed E-state index contributed by atoms with van der Waals surface area (Å²) in [4.78, 5) is 40.7. The Kier molecular flexibility index (Phi) is 5.90. The maximum atomic E-state index is 13.2. The molecular weight excluding hydrogens is 387 g/mol. The molecule has 28 heavy (non-hydrogen) atoms. The van der Waals surface area contributed by atoms with E-state index in [1.165, 1.54) is 12.1 Å². The van der Waals surface area contributed by atoms with Crippen LogP contribution in [0.15, 0.2) is 18.2 Å². The molecule has 4 amide bonds. The Morgan fingerprint density at radius 1 is 1.32 bits per heavy atom. The highest BCUT2D eigenvalue weighted by Gasteiger charge is 2.52. The van der Waals surface area contributed by atoms with Crippen molar-refractivity contribution < 1.29 is 18.8 Å². The quantitative estimate of drug-likeness (QED) is 0.730. The van der Waals surface area contributed by atoms with Crippen LogP contribution in [0, 0.1) is 11.7 Å². The number of amides is 4. The third-order valence-electron chi connectivity index (χ3n) is 5.08. The van der Waals surface area contributed by atoms with Crippen molar-refractivity contribution in [3.05, 3.63) is 29.0 Å². The molecule has 9 heteroatoms. The van der Waals surface area contributed by atoms with E-state index in [1.807, 2.05) is 0 Å². The molecule has 0 aliphatic carbocycles.